The topological polar surface area (TPSA) is 9.23 Å². The first kappa shape index (κ1) is 11.6. The molecule has 1 nitrogen and oxygen atoms in total. The van der Waals surface area contributed by atoms with E-state index in [9.17, 15) is 8.78 Å². The summed E-state index contributed by atoms with van der Waals surface area (Å²) in [5.74, 6) is 0.186. The van der Waals surface area contributed by atoms with Gasteiger partial charge in [0.2, 0.25) is 0 Å². The van der Waals surface area contributed by atoms with Gasteiger partial charge in [-0.05, 0) is 17.4 Å². The molecule has 1 rings (SSSR count). The average Bonchev–Trinajstić information content (AvgIpc) is 1.93. The van der Waals surface area contributed by atoms with Crippen molar-refractivity contribution in [2.45, 2.75) is 6.61 Å². The molecule has 0 heterocycles. The highest BCUT2D eigenvalue weighted by Crippen LogP contribution is 2.11. The van der Waals surface area contributed by atoms with Crippen LogP contribution in [0.25, 0.3) is 0 Å². The Bertz CT molecular complexity index is 227. The Morgan fingerprint density at radius 2 is 1.67 bits per heavy atom. The molecule has 0 amide bonds. The average molecular weight is 213 g/mol. The molecule has 1 atom stereocenters. The predicted octanol–water partition coefficient (Wildman–Crippen LogP) is 2.21. The molecule has 68 valence electrons. The lowest BCUT2D eigenvalue weighted by molar-refractivity contribution is -0.0498. The number of hydrogen-bond donors (Lipinski definition) is 0. The van der Waals surface area contributed by atoms with Crippen molar-refractivity contribution < 1.29 is 13.5 Å². The van der Waals surface area contributed by atoms with Crippen molar-refractivity contribution in [1.29, 1.82) is 0 Å². The van der Waals surface area contributed by atoms with E-state index in [-0.39, 0.29) is 18.2 Å². The van der Waals surface area contributed by atoms with Crippen LogP contribution in [0.4, 0.5) is 8.78 Å². The molecule has 1 aromatic carbocycles. The van der Waals surface area contributed by atoms with Crippen molar-refractivity contribution in [3.8, 4) is 5.75 Å². The van der Waals surface area contributed by atoms with Crippen LogP contribution in [0.15, 0.2) is 24.3 Å². The molecular formula is C7H8ClF2OP. The molecule has 0 saturated carbocycles. The molecule has 0 spiro atoms. The van der Waals surface area contributed by atoms with Gasteiger partial charge in [0.25, 0.3) is 0 Å². The largest absolute Gasteiger partial charge is 0.435 e. The first-order chi connectivity index (χ1) is 5.18. The molecule has 0 aliphatic rings. The maximum Gasteiger partial charge on any atom is 0.387 e. The zero-order valence-electron chi connectivity index (χ0n) is 6.04. The van der Waals surface area contributed by atoms with Gasteiger partial charge >= 0.3 is 6.61 Å². The molecule has 0 radical (unpaired) electrons. The van der Waals surface area contributed by atoms with Crippen LogP contribution < -0.4 is 10.0 Å². The van der Waals surface area contributed by atoms with Gasteiger partial charge in [-0.3, -0.25) is 0 Å². The number of benzene rings is 1. The Hall–Kier alpha value is -0.400. The summed E-state index contributed by atoms with van der Waals surface area (Å²) in [6.07, 6.45) is 0. The van der Waals surface area contributed by atoms with Gasteiger partial charge in [0.05, 0.1) is 0 Å². The number of hydrogen-bond acceptors (Lipinski definition) is 1. The van der Waals surface area contributed by atoms with E-state index in [1.54, 1.807) is 12.1 Å². The Kier molecular flexibility index (Phi) is 5.11. The lowest BCUT2D eigenvalue weighted by atomic mass is 10.3. The third kappa shape index (κ3) is 3.84. The van der Waals surface area contributed by atoms with E-state index in [4.69, 9.17) is 0 Å². The molecule has 1 aromatic rings. The Balaban J connectivity index is 0.00000121. The molecule has 0 aromatic heterocycles. The second-order valence-electron chi connectivity index (χ2n) is 1.95. The highest BCUT2D eigenvalue weighted by Gasteiger charge is 2.01. The zero-order valence-corrected chi connectivity index (χ0v) is 8.01. The Labute approximate surface area is 77.7 Å². The van der Waals surface area contributed by atoms with Gasteiger partial charge in [-0.25, -0.2) is 0 Å². The van der Waals surface area contributed by atoms with E-state index in [0.29, 0.717) is 0 Å². The summed E-state index contributed by atoms with van der Waals surface area (Å²) in [6, 6.07) is 6.35. The first-order valence-corrected chi connectivity index (χ1v) is 3.56. The molecule has 12 heavy (non-hydrogen) atoms. The van der Waals surface area contributed by atoms with Gasteiger partial charge in [-0.2, -0.15) is 8.78 Å². The third-order valence-corrected chi connectivity index (χ3v) is 1.49. The summed E-state index contributed by atoms with van der Waals surface area (Å²) in [6.45, 7) is -2.75. The summed E-state index contributed by atoms with van der Waals surface area (Å²) < 4.78 is 27.3. The molecule has 0 saturated heterocycles. The number of rotatable bonds is 2. The van der Waals surface area contributed by atoms with Gasteiger partial charge in [0, 0.05) is 0 Å². The Morgan fingerprint density at radius 1 is 1.17 bits per heavy atom. The minimum Gasteiger partial charge on any atom is -0.435 e. The predicted molar refractivity (Wildman–Crippen MR) is 49.7 cm³/mol. The fourth-order valence-electron chi connectivity index (χ4n) is 0.649. The normalized spacial score (nSPS) is 9.33. The van der Waals surface area contributed by atoms with E-state index in [0.717, 1.165) is 5.30 Å². The van der Waals surface area contributed by atoms with Crippen molar-refractivity contribution in [2.75, 3.05) is 0 Å². The highest BCUT2D eigenvalue weighted by atomic mass is 35.5. The minimum atomic E-state index is -2.75. The van der Waals surface area contributed by atoms with Crippen molar-refractivity contribution >= 4 is 27.0 Å². The summed E-state index contributed by atoms with van der Waals surface area (Å²) in [7, 11) is 2.45. The minimum absolute atomic E-state index is 0. The summed E-state index contributed by atoms with van der Waals surface area (Å²) in [5, 5.41) is 0.937. The van der Waals surface area contributed by atoms with Crippen LogP contribution in [-0.4, -0.2) is 6.61 Å². The quantitative estimate of drug-likeness (QED) is 0.683. The number of ether oxygens (including phenoxy) is 1. The molecule has 0 N–H and O–H groups in total. The van der Waals surface area contributed by atoms with Crippen molar-refractivity contribution in [3.05, 3.63) is 24.3 Å². The van der Waals surface area contributed by atoms with Crippen LogP contribution >= 0.6 is 21.6 Å². The van der Waals surface area contributed by atoms with Crippen LogP contribution in [0.2, 0.25) is 0 Å². The highest BCUT2D eigenvalue weighted by molar-refractivity contribution is 7.27. The summed E-state index contributed by atoms with van der Waals surface area (Å²) in [5.41, 5.74) is 0. The SMILES string of the molecule is Cl.FC(F)Oc1ccc(P)cc1. The van der Waals surface area contributed by atoms with Crippen molar-refractivity contribution in [3.63, 3.8) is 0 Å². The lowest BCUT2D eigenvalue weighted by Crippen LogP contribution is -2.02. The molecule has 5 heteroatoms. The smallest absolute Gasteiger partial charge is 0.387 e. The second kappa shape index (κ2) is 5.28. The Morgan fingerprint density at radius 3 is 2.08 bits per heavy atom. The zero-order chi connectivity index (χ0) is 8.27. The molecule has 0 aliphatic carbocycles. The summed E-state index contributed by atoms with van der Waals surface area (Å²) in [4.78, 5) is 0. The summed E-state index contributed by atoms with van der Waals surface area (Å²) >= 11 is 0. The third-order valence-electron chi connectivity index (χ3n) is 1.11. The fraction of sp³-hybridized carbons (Fsp3) is 0.143. The molecule has 0 aliphatic heterocycles. The van der Waals surface area contributed by atoms with Gasteiger partial charge in [-0.15, -0.1) is 21.6 Å². The van der Waals surface area contributed by atoms with Crippen molar-refractivity contribution in [1.82, 2.24) is 0 Å². The maximum atomic E-state index is 11.6. The first-order valence-electron chi connectivity index (χ1n) is 2.99. The van der Waals surface area contributed by atoms with E-state index >= 15 is 0 Å². The molecule has 0 fully saturated rings. The molecule has 1 unspecified atom stereocenters. The van der Waals surface area contributed by atoms with Crippen LogP contribution in [0.3, 0.4) is 0 Å². The van der Waals surface area contributed by atoms with Crippen LogP contribution in [0, 0.1) is 0 Å². The van der Waals surface area contributed by atoms with Gasteiger partial charge < -0.3 is 4.74 Å². The molecular weight excluding hydrogens is 204 g/mol. The lowest BCUT2D eigenvalue weighted by Gasteiger charge is -2.02. The maximum absolute atomic E-state index is 11.6. The van der Waals surface area contributed by atoms with E-state index in [2.05, 4.69) is 14.0 Å². The fourth-order valence-corrected chi connectivity index (χ4v) is 0.842. The van der Waals surface area contributed by atoms with Crippen LogP contribution in [-0.2, 0) is 0 Å². The standard InChI is InChI=1S/C7H7F2OP.ClH/c8-7(9)10-5-1-3-6(11)4-2-5;/h1-4,7H,11H2;1H. The van der Waals surface area contributed by atoms with Gasteiger partial charge in [0.15, 0.2) is 0 Å². The molecule has 0 bridgehead atoms. The van der Waals surface area contributed by atoms with Crippen LogP contribution in [0.5, 0.6) is 5.75 Å². The van der Waals surface area contributed by atoms with E-state index in [1.807, 2.05) is 0 Å². The van der Waals surface area contributed by atoms with E-state index in [1.165, 1.54) is 12.1 Å². The van der Waals surface area contributed by atoms with Gasteiger partial charge in [0.1, 0.15) is 5.75 Å². The van der Waals surface area contributed by atoms with Gasteiger partial charge in [-0.1, -0.05) is 12.1 Å². The number of halogens is 3. The monoisotopic (exact) mass is 212 g/mol. The number of alkyl halides is 2. The van der Waals surface area contributed by atoms with Crippen molar-refractivity contribution in [2.24, 2.45) is 0 Å². The van der Waals surface area contributed by atoms with E-state index < -0.39 is 6.61 Å². The van der Waals surface area contributed by atoms with Crippen LogP contribution in [0.1, 0.15) is 0 Å². The second-order valence-corrected chi connectivity index (χ2v) is 2.61.